The van der Waals surface area contributed by atoms with E-state index in [9.17, 15) is 9.90 Å². The number of carbonyl (C=O) groups is 1. The second-order valence-electron chi connectivity index (χ2n) is 3.99. The first-order valence-electron chi connectivity index (χ1n) is 5.68. The topological polar surface area (TPSA) is 67.8 Å². The minimum absolute atomic E-state index is 0.00992. The van der Waals surface area contributed by atoms with Crippen molar-refractivity contribution in [3.63, 3.8) is 0 Å². The van der Waals surface area contributed by atoms with Gasteiger partial charge in [-0.05, 0) is 18.6 Å². The molecule has 100 valence electrons. The third-order valence-electron chi connectivity index (χ3n) is 2.66. The summed E-state index contributed by atoms with van der Waals surface area (Å²) in [7, 11) is 3.13. The van der Waals surface area contributed by atoms with Gasteiger partial charge in [0.25, 0.3) is 5.91 Å². The lowest BCUT2D eigenvalue weighted by molar-refractivity contribution is 0.0285. The maximum atomic E-state index is 11.9. The predicted molar refractivity (Wildman–Crippen MR) is 67.9 cm³/mol. The van der Waals surface area contributed by atoms with E-state index >= 15 is 0 Å². The summed E-state index contributed by atoms with van der Waals surface area (Å²) in [5, 5.41) is 12.5. The standard InChI is InChI=1S/C13H19NO4/c1-9-5-4-6-11(12(9)15)13(16)14-7-10(18-3)8-17-2/h4-6,10,15H,7-8H2,1-3H3,(H,14,16). The van der Waals surface area contributed by atoms with Crippen molar-refractivity contribution < 1.29 is 19.4 Å². The molecule has 0 radical (unpaired) electrons. The smallest absolute Gasteiger partial charge is 0.255 e. The van der Waals surface area contributed by atoms with Gasteiger partial charge in [0, 0.05) is 20.8 Å². The van der Waals surface area contributed by atoms with Gasteiger partial charge in [-0.1, -0.05) is 12.1 Å². The maximum absolute atomic E-state index is 11.9. The van der Waals surface area contributed by atoms with E-state index in [1.807, 2.05) is 0 Å². The van der Waals surface area contributed by atoms with Crippen molar-refractivity contribution in [2.45, 2.75) is 13.0 Å². The van der Waals surface area contributed by atoms with Gasteiger partial charge in [0.2, 0.25) is 0 Å². The van der Waals surface area contributed by atoms with Crippen LogP contribution in [0.3, 0.4) is 0 Å². The Morgan fingerprint density at radius 2 is 2.17 bits per heavy atom. The van der Waals surface area contributed by atoms with Crippen LogP contribution in [0.15, 0.2) is 18.2 Å². The third kappa shape index (κ3) is 3.72. The summed E-state index contributed by atoms with van der Waals surface area (Å²) < 4.78 is 10.1. The van der Waals surface area contributed by atoms with Crippen LogP contribution in [0, 0.1) is 6.92 Å². The van der Waals surface area contributed by atoms with Gasteiger partial charge in [0.1, 0.15) is 5.75 Å². The zero-order chi connectivity index (χ0) is 13.5. The first kappa shape index (κ1) is 14.5. The number of aryl methyl sites for hydroxylation is 1. The summed E-state index contributed by atoms with van der Waals surface area (Å²) in [6, 6.07) is 5.05. The summed E-state index contributed by atoms with van der Waals surface area (Å²) >= 11 is 0. The SMILES string of the molecule is COCC(CNC(=O)c1cccc(C)c1O)OC. The molecule has 1 aromatic rings. The van der Waals surface area contributed by atoms with Crippen molar-refractivity contribution in [3.05, 3.63) is 29.3 Å². The number of hydrogen-bond donors (Lipinski definition) is 2. The lowest BCUT2D eigenvalue weighted by atomic mass is 10.1. The number of benzene rings is 1. The van der Waals surface area contributed by atoms with Crippen molar-refractivity contribution in [2.24, 2.45) is 0 Å². The van der Waals surface area contributed by atoms with Crippen LogP contribution >= 0.6 is 0 Å². The molecule has 5 heteroatoms. The van der Waals surface area contributed by atoms with Crippen LogP contribution in [-0.4, -0.2) is 44.5 Å². The Kier molecular flexibility index (Phi) is 5.61. The molecule has 0 aliphatic rings. The van der Waals surface area contributed by atoms with E-state index in [0.717, 1.165) is 0 Å². The molecule has 0 saturated carbocycles. The van der Waals surface area contributed by atoms with E-state index < -0.39 is 0 Å². The average Bonchev–Trinajstić information content (AvgIpc) is 2.37. The molecular weight excluding hydrogens is 234 g/mol. The number of methoxy groups -OCH3 is 2. The van der Waals surface area contributed by atoms with Gasteiger partial charge in [0.15, 0.2) is 0 Å². The monoisotopic (exact) mass is 253 g/mol. The van der Waals surface area contributed by atoms with Gasteiger partial charge in [0.05, 0.1) is 18.3 Å². The molecule has 1 amide bonds. The normalized spacial score (nSPS) is 12.2. The van der Waals surface area contributed by atoms with E-state index in [4.69, 9.17) is 9.47 Å². The molecular formula is C13H19NO4. The van der Waals surface area contributed by atoms with Crippen LogP contribution in [0.4, 0.5) is 0 Å². The van der Waals surface area contributed by atoms with Crippen molar-refractivity contribution >= 4 is 5.91 Å². The lowest BCUT2D eigenvalue weighted by Crippen LogP contribution is -2.35. The number of ether oxygens (including phenoxy) is 2. The largest absolute Gasteiger partial charge is 0.507 e. The number of rotatable bonds is 6. The Balaban J connectivity index is 2.62. The Bertz CT molecular complexity index is 406. The van der Waals surface area contributed by atoms with Crippen molar-refractivity contribution in [3.8, 4) is 5.75 Å². The Morgan fingerprint density at radius 3 is 2.78 bits per heavy atom. The summed E-state index contributed by atoms with van der Waals surface area (Å²) in [6.45, 7) is 2.47. The highest BCUT2D eigenvalue weighted by molar-refractivity contribution is 5.97. The highest BCUT2D eigenvalue weighted by Crippen LogP contribution is 2.20. The number of phenolic OH excluding ortho intramolecular Hbond substituents is 1. The van der Waals surface area contributed by atoms with Crippen LogP contribution in [0.2, 0.25) is 0 Å². The van der Waals surface area contributed by atoms with Crippen molar-refractivity contribution in [1.82, 2.24) is 5.32 Å². The van der Waals surface area contributed by atoms with E-state index in [-0.39, 0.29) is 23.3 Å². The number of phenols is 1. The molecule has 18 heavy (non-hydrogen) atoms. The van der Waals surface area contributed by atoms with E-state index in [2.05, 4.69) is 5.32 Å². The third-order valence-corrected chi connectivity index (χ3v) is 2.66. The molecule has 0 bridgehead atoms. The fourth-order valence-electron chi connectivity index (χ4n) is 1.54. The first-order valence-corrected chi connectivity index (χ1v) is 5.68. The molecule has 0 heterocycles. The van der Waals surface area contributed by atoms with Crippen LogP contribution in [-0.2, 0) is 9.47 Å². The number of carbonyl (C=O) groups excluding carboxylic acids is 1. The van der Waals surface area contributed by atoms with Crippen LogP contribution in [0.25, 0.3) is 0 Å². The molecule has 0 aromatic heterocycles. The van der Waals surface area contributed by atoms with Crippen molar-refractivity contribution in [1.29, 1.82) is 0 Å². The molecule has 0 spiro atoms. The molecule has 0 aliphatic carbocycles. The molecule has 1 rings (SSSR count). The number of para-hydroxylation sites is 1. The summed E-state index contributed by atoms with van der Waals surface area (Å²) in [5.74, 6) is -0.315. The van der Waals surface area contributed by atoms with E-state index in [0.29, 0.717) is 18.7 Å². The highest BCUT2D eigenvalue weighted by Gasteiger charge is 2.14. The van der Waals surface area contributed by atoms with E-state index in [1.165, 1.54) is 0 Å². The van der Waals surface area contributed by atoms with Gasteiger partial charge in [-0.2, -0.15) is 0 Å². The second-order valence-corrected chi connectivity index (χ2v) is 3.99. The quantitative estimate of drug-likeness (QED) is 0.796. The number of aromatic hydroxyl groups is 1. The van der Waals surface area contributed by atoms with Crippen molar-refractivity contribution in [2.75, 3.05) is 27.4 Å². The van der Waals surface area contributed by atoms with Crippen LogP contribution < -0.4 is 5.32 Å². The number of hydrogen-bond acceptors (Lipinski definition) is 4. The molecule has 1 unspecified atom stereocenters. The fourth-order valence-corrected chi connectivity index (χ4v) is 1.54. The summed E-state index contributed by atoms with van der Waals surface area (Å²) in [4.78, 5) is 11.9. The Morgan fingerprint density at radius 1 is 1.44 bits per heavy atom. The fraction of sp³-hybridized carbons (Fsp3) is 0.462. The van der Waals surface area contributed by atoms with Gasteiger partial charge in [-0.15, -0.1) is 0 Å². The van der Waals surface area contributed by atoms with Gasteiger partial charge in [-0.3, -0.25) is 4.79 Å². The molecule has 0 aliphatic heterocycles. The molecule has 0 fully saturated rings. The second kappa shape index (κ2) is 6.98. The highest BCUT2D eigenvalue weighted by atomic mass is 16.5. The average molecular weight is 253 g/mol. The first-order chi connectivity index (χ1) is 8.60. The van der Waals surface area contributed by atoms with Gasteiger partial charge < -0.3 is 19.9 Å². The Hall–Kier alpha value is -1.59. The van der Waals surface area contributed by atoms with Crippen LogP contribution in [0.1, 0.15) is 15.9 Å². The molecule has 2 N–H and O–H groups in total. The Labute approximate surface area is 107 Å². The molecule has 1 atom stereocenters. The molecule has 5 nitrogen and oxygen atoms in total. The van der Waals surface area contributed by atoms with E-state index in [1.54, 1.807) is 39.3 Å². The summed E-state index contributed by atoms with van der Waals surface area (Å²) in [6.07, 6.45) is -0.203. The minimum Gasteiger partial charge on any atom is -0.507 e. The minimum atomic E-state index is -0.325. The zero-order valence-corrected chi connectivity index (χ0v) is 10.9. The lowest BCUT2D eigenvalue weighted by Gasteiger charge is -2.15. The summed E-state index contributed by atoms with van der Waals surface area (Å²) in [5.41, 5.74) is 0.935. The number of nitrogens with one attached hydrogen (secondary N) is 1. The van der Waals surface area contributed by atoms with Gasteiger partial charge >= 0.3 is 0 Å². The zero-order valence-electron chi connectivity index (χ0n) is 10.9. The van der Waals surface area contributed by atoms with Crippen LogP contribution in [0.5, 0.6) is 5.75 Å². The molecule has 0 saturated heterocycles. The predicted octanol–water partition coefficient (Wildman–Crippen LogP) is 1.09. The number of amides is 1. The van der Waals surface area contributed by atoms with Gasteiger partial charge in [-0.25, -0.2) is 0 Å². The molecule has 1 aromatic carbocycles. The maximum Gasteiger partial charge on any atom is 0.255 e.